The molecule has 1 aromatic carbocycles. The lowest BCUT2D eigenvalue weighted by molar-refractivity contribution is -0.122. The first kappa shape index (κ1) is 19.4. The van der Waals surface area contributed by atoms with Gasteiger partial charge in [-0.05, 0) is 44.4 Å². The Morgan fingerprint density at radius 2 is 1.74 bits per heavy atom. The van der Waals surface area contributed by atoms with Crippen molar-refractivity contribution in [3.63, 3.8) is 0 Å². The third-order valence-electron chi connectivity index (χ3n) is 3.30. The van der Waals surface area contributed by atoms with Gasteiger partial charge in [0.05, 0.1) is 13.2 Å². The lowest BCUT2D eigenvalue weighted by atomic mass is 10.0. The van der Waals surface area contributed by atoms with Crippen LogP contribution >= 0.6 is 0 Å². The van der Waals surface area contributed by atoms with Gasteiger partial charge >= 0.3 is 0 Å². The van der Waals surface area contributed by atoms with E-state index in [1.807, 2.05) is 33.8 Å². The second kappa shape index (κ2) is 7.79. The topological polar surface area (TPSA) is 84.5 Å². The minimum atomic E-state index is -3.87. The van der Waals surface area contributed by atoms with Gasteiger partial charge in [0.1, 0.15) is 10.6 Å². The summed E-state index contributed by atoms with van der Waals surface area (Å²) in [6.45, 7) is 9.09. The number of amides is 1. The summed E-state index contributed by atoms with van der Waals surface area (Å²) >= 11 is 0. The van der Waals surface area contributed by atoms with Crippen molar-refractivity contribution < 1.29 is 17.9 Å². The number of carbonyl (C=O) groups excluding carboxylic acids is 1. The van der Waals surface area contributed by atoms with Crippen LogP contribution in [0.5, 0.6) is 5.75 Å². The maximum Gasteiger partial charge on any atom is 0.244 e. The summed E-state index contributed by atoms with van der Waals surface area (Å²) in [7, 11) is -2.46. The van der Waals surface area contributed by atoms with Crippen molar-refractivity contribution in [3.05, 3.63) is 23.8 Å². The van der Waals surface area contributed by atoms with Gasteiger partial charge in [-0.3, -0.25) is 4.79 Å². The lowest BCUT2D eigenvalue weighted by Crippen LogP contribution is -2.46. The maximum atomic E-state index is 12.6. The molecular weight excluding hydrogens is 316 g/mol. The van der Waals surface area contributed by atoms with E-state index in [0.717, 1.165) is 5.56 Å². The van der Waals surface area contributed by atoms with Gasteiger partial charge in [-0.1, -0.05) is 19.9 Å². The molecule has 0 fully saturated rings. The zero-order valence-corrected chi connectivity index (χ0v) is 15.3. The molecule has 1 atom stereocenters. The zero-order chi connectivity index (χ0) is 17.8. The van der Waals surface area contributed by atoms with Crippen molar-refractivity contribution >= 4 is 15.9 Å². The number of methoxy groups -OCH3 is 1. The Morgan fingerprint density at radius 3 is 2.22 bits per heavy atom. The average Bonchev–Trinajstić information content (AvgIpc) is 2.45. The molecule has 23 heavy (non-hydrogen) atoms. The molecule has 7 heteroatoms. The Morgan fingerprint density at radius 1 is 1.13 bits per heavy atom. The average molecular weight is 342 g/mol. The summed E-state index contributed by atoms with van der Waals surface area (Å²) < 4.78 is 32.8. The van der Waals surface area contributed by atoms with Crippen LogP contribution in [0.4, 0.5) is 0 Å². The number of hydrogen-bond acceptors (Lipinski definition) is 4. The minimum absolute atomic E-state index is 0.0374. The van der Waals surface area contributed by atoms with Crippen LogP contribution in [0.25, 0.3) is 0 Å². The second-order valence-electron chi connectivity index (χ2n) is 6.07. The van der Waals surface area contributed by atoms with E-state index in [1.54, 1.807) is 12.1 Å². The number of hydrogen-bond donors (Lipinski definition) is 2. The first-order valence-electron chi connectivity index (χ1n) is 7.59. The van der Waals surface area contributed by atoms with Crippen molar-refractivity contribution in [1.82, 2.24) is 10.0 Å². The van der Waals surface area contributed by atoms with Crippen molar-refractivity contribution in [1.29, 1.82) is 0 Å². The maximum absolute atomic E-state index is 12.6. The molecule has 0 saturated heterocycles. The third-order valence-corrected chi connectivity index (χ3v) is 4.86. The number of nitrogens with one attached hydrogen (secondary N) is 2. The van der Waals surface area contributed by atoms with Crippen LogP contribution in [0.2, 0.25) is 0 Å². The monoisotopic (exact) mass is 342 g/mol. The van der Waals surface area contributed by atoms with Gasteiger partial charge in [0.25, 0.3) is 0 Å². The molecule has 0 saturated carbocycles. The van der Waals surface area contributed by atoms with Gasteiger partial charge in [0, 0.05) is 6.04 Å². The minimum Gasteiger partial charge on any atom is -0.495 e. The zero-order valence-electron chi connectivity index (χ0n) is 14.5. The molecule has 1 unspecified atom stereocenters. The predicted octanol–water partition coefficient (Wildman–Crippen LogP) is 2.01. The highest BCUT2D eigenvalue weighted by Crippen LogP contribution is 2.28. The highest BCUT2D eigenvalue weighted by atomic mass is 32.2. The summed E-state index contributed by atoms with van der Waals surface area (Å²) in [6, 6.07) is 4.10. The summed E-state index contributed by atoms with van der Waals surface area (Å²) in [5, 5.41) is 2.68. The van der Waals surface area contributed by atoms with Crippen molar-refractivity contribution in [2.24, 2.45) is 0 Å². The Kier molecular flexibility index (Phi) is 6.58. The van der Waals surface area contributed by atoms with Crippen LogP contribution in [0.1, 0.15) is 46.1 Å². The fraction of sp³-hybridized carbons (Fsp3) is 0.562. The molecule has 0 aliphatic heterocycles. The quantitative estimate of drug-likeness (QED) is 0.794. The van der Waals surface area contributed by atoms with E-state index in [-0.39, 0.29) is 28.5 Å². The molecule has 1 amide bonds. The molecule has 0 aromatic heterocycles. The molecule has 0 spiro atoms. The highest BCUT2D eigenvalue weighted by molar-refractivity contribution is 7.89. The molecule has 0 aliphatic rings. The molecule has 0 radical (unpaired) electrons. The summed E-state index contributed by atoms with van der Waals surface area (Å²) in [5.74, 6) is 0.0532. The number of ether oxygens (including phenoxy) is 1. The van der Waals surface area contributed by atoms with Gasteiger partial charge in [0.2, 0.25) is 15.9 Å². The molecule has 6 nitrogen and oxygen atoms in total. The number of rotatable bonds is 7. The fourth-order valence-electron chi connectivity index (χ4n) is 2.02. The fourth-order valence-corrected chi connectivity index (χ4v) is 3.43. The van der Waals surface area contributed by atoms with E-state index in [1.165, 1.54) is 14.0 Å². The van der Waals surface area contributed by atoms with Crippen LogP contribution < -0.4 is 14.8 Å². The van der Waals surface area contributed by atoms with Crippen LogP contribution in [0.15, 0.2) is 23.1 Å². The van der Waals surface area contributed by atoms with Crippen LogP contribution in [-0.2, 0) is 14.8 Å². The summed E-state index contributed by atoms with van der Waals surface area (Å²) in [5.41, 5.74) is 0.880. The van der Waals surface area contributed by atoms with E-state index in [4.69, 9.17) is 4.74 Å². The molecule has 0 heterocycles. The molecule has 130 valence electrons. The van der Waals surface area contributed by atoms with Gasteiger partial charge in [-0.25, -0.2) is 8.42 Å². The highest BCUT2D eigenvalue weighted by Gasteiger charge is 2.25. The van der Waals surface area contributed by atoms with E-state index < -0.39 is 16.1 Å². The largest absolute Gasteiger partial charge is 0.495 e. The smallest absolute Gasteiger partial charge is 0.244 e. The van der Waals surface area contributed by atoms with Gasteiger partial charge in [0.15, 0.2) is 0 Å². The van der Waals surface area contributed by atoms with E-state index in [0.29, 0.717) is 0 Å². The Balaban J connectivity index is 3.12. The van der Waals surface area contributed by atoms with E-state index >= 15 is 0 Å². The third kappa shape index (κ3) is 5.21. The summed E-state index contributed by atoms with van der Waals surface area (Å²) in [6.07, 6.45) is 0. The molecule has 0 bridgehead atoms. The summed E-state index contributed by atoms with van der Waals surface area (Å²) in [4.78, 5) is 12.0. The van der Waals surface area contributed by atoms with Gasteiger partial charge < -0.3 is 10.1 Å². The Hall–Kier alpha value is -1.60. The standard InChI is InChI=1S/C16H26N2O4S/c1-10(2)13-7-8-14(22-6)15(9-13)23(20,21)18-12(5)16(19)17-11(3)4/h7-12,18H,1-6H3,(H,17,19). The second-order valence-corrected chi connectivity index (χ2v) is 7.75. The van der Waals surface area contributed by atoms with Crippen LogP contribution in [0, 0.1) is 0 Å². The molecule has 1 aromatic rings. The first-order valence-corrected chi connectivity index (χ1v) is 9.07. The lowest BCUT2D eigenvalue weighted by Gasteiger charge is -2.18. The number of carbonyl (C=O) groups is 1. The van der Waals surface area contributed by atoms with Gasteiger partial charge in [-0.15, -0.1) is 0 Å². The number of sulfonamides is 1. The molecule has 2 N–H and O–H groups in total. The Labute approximate surface area is 138 Å². The Bertz CT molecular complexity index is 654. The number of benzene rings is 1. The van der Waals surface area contributed by atoms with Gasteiger partial charge in [-0.2, -0.15) is 4.72 Å². The van der Waals surface area contributed by atoms with Crippen molar-refractivity contribution in [3.8, 4) is 5.75 Å². The molecule has 0 aliphatic carbocycles. The van der Waals surface area contributed by atoms with E-state index in [2.05, 4.69) is 10.0 Å². The van der Waals surface area contributed by atoms with Crippen molar-refractivity contribution in [2.45, 2.75) is 57.5 Å². The molecular formula is C16H26N2O4S. The SMILES string of the molecule is COc1ccc(C(C)C)cc1S(=O)(=O)NC(C)C(=O)NC(C)C. The van der Waals surface area contributed by atoms with Crippen LogP contribution in [-0.4, -0.2) is 33.5 Å². The first-order chi connectivity index (χ1) is 10.6. The van der Waals surface area contributed by atoms with Crippen molar-refractivity contribution in [2.75, 3.05) is 7.11 Å². The van der Waals surface area contributed by atoms with Crippen LogP contribution in [0.3, 0.4) is 0 Å². The molecule has 1 rings (SSSR count). The normalized spacial score (nSPS) is 13.2. The van der Waals surface area contributed by atoms with E-state index in [9.17, 15) is 13.2 Å². The predicted molar refractivity (Wildman–Crippen MR) is 90.1 cm³/mol.